The second kappa shape index (κ2) is 6.97. The van der Waals surface area contributed by atoms with Crippen LogP contribution < -0.4 is 10.6 Å². The molecule has 5 heteroatoms. The van der Waals surface area contributed by atoms with Gasteiger partial charge in [0.25, 0.3) is 0 Å². The highest BCUT2D eigenvalue weighted by Gasteiger charge is 2.41. The minimum atomic E-state index is -0.264. The van der Waals surface area contributed by atoms with Crippen LogP contribution in [0.4, 0.5) is 9.18 Å². The van der Waals surface area contributed by atoms with Crippen LogP contribution in [0.1, 0.15) is 42.5 Å². The maximum atomic E-state index is 13.4. The van der Waals surface area contributed by atoms with E-state index in [9.17, 15) is 9.18 Å². The largest absolute Gasteiger partial charge is 0.335 e. The normalized spacial score (nSPS) is 26.9. The molecule has 0 saturated heterocycles. The average molecular weight is 367 g/mol. The maximum Gasteiger partial charge on any atom is 0.318 e. The molecule has 1 saturated carbocycles. The van der Waals surface area contributed by atoms with Crippen molar-refractivity contribution >= 4 is 6.03 Å². The molecule has 0 bridgehead atoms. The topological polar surface area (TPSA) is 44.4 Å². The first kappa shape index (κ1) is 18.0. The van der Waals surface area contributed by atoms with Crippen molar-refractivity contribution in [1.29, 1.82) is 0 Å². The number of carbonyl (C=O) groups is 1. The molecule has 2 aromatic carbocycles. The van der Waals surface area contributed by atoms with E-state index >= 15 is 0 Å². The summed E-state index contributed by atoms with van der Waals surface area (Å²) in [6.07, 6.45) is 2.70. The molecule has 2 amide bonds. The quantitative estimate of drug-likeness (QED) is 0.870. The number of hydrogen-bond donors (Lipinski definition) is 2. The Morgan fingerprint density at radius 3 is 2.56 bits per heavy atom. The highest BCUT2D eigenvalue weighted by Crippen LogP contribution is 2.36. The summed E-state index contributed by atoms with van der Waals surface area (Å²) in [6, 6.07) is 14.7. The van der Waals surface area contributed by atoms with E-state index < -0.39 is 0 Å². The Hall–Kier alpha value is -2.40. The smallest absolute Gasteiger partial charge is 0.318 e. The van der Waals surface area contributed by atoms with Crippen LogP contribution in [0.15, 0.2) is 48.5 Å². The first-order valence-electron chi connectivity index (χ1n) is 9.58. The molecule has 1 aliphatic carbocycles. The van der Waals surface area contributed by atoms with Gasteiger partial charge in [0.1, 0.15) is 5.82 Å². The van der Waals surface area contributed by atoms with Crippen molar-refractivity contribution in [2.75, 3.05) is 13.6 Å². The van der Waals surface area contributed by atoms with Crippen molar-refractivity contribution in [3.8, 4) is 0 Å². The summed E-state index contributed by atoms with van der Waals surface area (Å²) in [7, 11) is 1.96. The summed E-state index contributed by atoms with van der Waals surface area (Å²) in [6.45, 7) is 2.83. The number of rotatable bonds is 3. The van der Waals surface area contributed by atoms with Crippen molar-refractivity contribution in [1.82, 2.24) is 15.5 Å². The van der Waals surface area contributed by atoms with Gasteiger partial charge in [-0.1, -0.05) is 36.4 Å². The number of fused-ring (bicyclic) bond motifs is 1. The van der Waals surface area contributed by atoms with Crippen LogP contribution in [0.2, 0.25) is 0 Å². The summed E-state index contributed by atoms with van der Waals surface area (Å²) in [5.41, 5.74) is 3.43. The summed E-state index contributed by atoms with van der Waals surface area (Å²) in [5.74, 6) is -0.264. The van der Waals surface area contributed by atoms with Gasteiger partial charge in [0, 0.05) is 18.1 Å². The lowest BCUT2D eigenvalue weighted by Crippen LogP contribution is -2.61. The molecule has 0 radical (unpaired) electrons. The van der Waals surface area contributed by atoms with Crippen LogP contribution in [0, 0.1) is 5.82 Å². The SMILES string of the molecule is CN[C@]1(C)C[C@@H](NC(=O)N2CCc3ccccc3[C@@H]2c2ccc(F)cc2)C1. The van der Waals surface area contributed by atoms with Crippen molar-refractivity contribution in [3.05, 3.63) is 71.0 Å². The van der Waals surface area contributed by atoms with Crippen LogP contribution >= 0.6 is 0 Å². The van der Waals surface area contributed by atoms with E-state index in [4.69, 9.17) is 0 Å². The molecule has 4 nitrogen and oxygen atoms in total. The van der Waals surface area contributed by atoms with Gasteiger partial charge in [0.2, 0.25) is 0 Å². The number of carbonyl (C=O) groups excluding carboxylic acids is 1. The van der Waals surface area contributed by atoms with E-state index in [0.717, 1.165) is 30.4 Å². The van der Waals surface area contributed by atoms with Gasteiger partial charge in [-0.15, -0.1) is 0 Å². The van der Waals surface area contributed by atoms with Gasteiger partial charge in [-0.05, 0) is 62.1 Å². The zero-order valence-electron chi connectivity index (χ0n) is 15.8. The Kier molecular flexibility index (Phi) is 4.64. The number of hydrogen-bond acceptors (Lipinski definition) is 2. The number of amides is 2. The molecule has 1 aliphatic heterocycles. The van der Waals surface area contributed by atoms with Crippen LogP contribution in [0.25, 0.3) is 0 Å². The Labute approximate surface area is 159 Å². The van der Waals surface area contributed by atoms with Gasteiger partial charge in [-0.2, -0.15) is 0 Å². The Balaban J connectivity index is 1.59. The third-order valence-electron chi connectivity index (χ3n) is 6.06. The van der Waals surface area contributed by atoms with Gasteiger partial charge in [0.05, 0.1) is 6.04 Å². The molecular weight excluding hydrogens is 341 g/mol. The molecule has 1 heterocycles. The predicted octanol–water partition coefficient (Wildman–Crippen LogP) is 3.62. The Morgan fingerprint density at radius 1 is 1.15 bits per heavy atom. The number of halogens is 1. The lowest BCUT2D eigenvalue weighted by Gasteiger charge is -2.46. The minimum Gasteiger partial charge on any atom is -0.335 e. The van der Waals surface area contributed by atoms with E-state index in [1.807, 2.05) is 24.1 Å². The number of benzene rings is 2. The van der Waals surface area contributed by atoms with E-state index in [-0.39, 0.29) is 29.5 Å². The fourth-order valence-electron chi connectivity index (χ4n) is 4.38. The summed E-state index contributed by atoms with van der Waals surface area (Å²) >= 11 is 0. The lowest BCUT2D eigenvalue weighted by molar-refractivity contribution is 0.136. The van der Waals surface area contributed by atoms with Crippen molar-refractivity contribution in [3.63, 3.8) is 0 Å². The molecule has 0 spiro atoms. The molecule has 0 unspecified atom stereocenters. The third kappa shape index (κ3) is 3.44. The van der Waals surface area contributed by atoms with Crippen LogP contribution in [0.5, 0.6) is 0 Å². The van der Waals surface area contributed by atoms with E-state index in [2.05, 4.69) is 29.7 Å². The molecule has 27 heavy (non-hydrogen) atoms. The van der Waals surface area contributed by atoms with Gasteiger partial charge in [-0.25, -0.2) is 9.18 Å². The summed E-state index contributed by atoms with van der Waals surface area (Å²) in [4.78, 5) is 15.0. The zero-order valence-corrected chi connectivity index (χ0v) is 15.8. The second-order valence-electron chi connectivity index (χ2n) is 7.96. The van der Waals surface area contributed by atoms with Crippen molar-refractivity contribution in [2.24, 2.45) is 0 Å². The average Bonchev–Trinajstić information content (AvgIpc) is 2.66. The van der Waals surface area contributed by atoms with Crippen molar-refractivity contribution < 1.29 is 9.18 Å². The number of nitrogens with one attached hydrogen (secondary N) is 2. The monoisotopic (exact) mass is 367 g/mol. The lowest BCUT2D eigenvalue weighted by atomic mass is 9.74. The van der Waals surface area contributed by atoms with E-state index in [0.29, 0.717) is 6.54 Å². The van der Waals surface area contributed by atoms with E-state index in [1.165, 1.54) is 17.7 Å². The first-order valence-corrected chi connectivity index (χ1v) is 9.58. The molecule has 0 aromatic heterocycles. The highest BCUT2D eigenvalue weighted by atomic mass is 19.1. The molecule has 2 N–H and O–H groups in total. The van der Waals surface area contributed by atoms with E-state index in [1.54, 1.807) is 12.1 Å². The van der Waals surface area contributed by atoms with Gasteiger partial charge in [-0.3, -0.25) is 0 Å². The fourth-order valence-corrected chi connectivity index (χ4v) is 4.38. The molecule has 2 aliphatic rings. The molecular formula is C22H26FN3O. The first-order chi connectivity index (χ1) is 13.0. The standard InChI is InChI=1S/C22H26FN3O/c1-22(24-2)13-18(14-22)25-21(27)26-12-11-15-5-3-4-6-19(15)20(26)16-7-9-17(23)10-8-16/h3-10,18,20,24H,11-14H2,1-2H3,(H,25,27)/t18-,20-,22-/m0/s1. The molecule has 4 rings (SSSR count). The highest BCUT2D eigenvalue weighted by molar-refractivity contribution is 5.76. The van der Waals surface area contributed by atoms with Crippen LogP contribution in [-0.2, 0) is 6.42 Å². The Bertz CT molecular complexity index is 830. The number of nitrogens with zero attached hydrogens (tertiary/aromatic N) is 1. The third-order valence-corrected chi connectivity index (χ3v) is 6.06. The molecule has 1 fully saturated rings. The summed E-state index contributed by atoms with van der Waals surface area (Å²) in [5, 5.41) is 6.50. The molecule has 1 atom stereocenters. The van der Waals surface area contributed by atoms with Crippen LogP contribution in [-0.4, -0.2) is 36.1 Å². The fraction of sp³-hybridized carbons (Fsp3) is 0.409. The maximum absolute atomic E-state index is 13.4. The van der Waals surface area contributed by atoms with Gasteiger partial charge >= 0.3 is 6.03 Å². The number of urea groups is 1. The predicted molar refractivity (Wildman–Crippen MR) is 104 cm³/mol. The molecule has 142 valence electrons. The van der Waals surface area contributed by atoms with Gasteiger partial charge in [0.15, 0.2) is 0 Å². The Morgan fingerprint density at radius 2 is 1.85 bits per heavy atom. The second-order valence-corrected chi connectivity index (χ2v) is 7.96. The minimum absolute atomic E-state index is 0.0398. The summed E-state index contributed by atoms with van der Waals surface area (Å²) < 4.78 is 13.4. The zero-order chi connectivity index (χ0) is 19.0. The molecule has 2 aromatic rings. The van der Waals surface area contributed by atoms with Crippen molar-refractivity contribution in [2.45, 2.75) is 43.8 Å². The van der Waals surface area contributed by atoms with Gasteiger partial charge < -0.3 is 15.5 Å². The van der Waals surface area contributed by atoms with Crippen LogP contribution in [0.3, 0.4) is 0 Å².